The van der Waals surface area contributed by atoms with Gasteiger partial charge in [0.1, 0.15) is 5.82 Å². The molecule has 0 spiro atoms. The van der Waals surface area contributed by atoms with E-state index in [4.69, 9.17) is 4.42 Å². The lowest BCUT2D eigenvalue weighted by atomic mass is 10.2. The van der Waals surface area contributed by atoms with Crippen molar-refractivity contribution >= 4 is 34.3 Å². The summed E-state index contributed by atoms with van der Waals surface area (Å²) in [5.41, 5.74) is 3.16. The van der Waals surface area contributed by atoms with Crippen LogP contribution in [0.25, 0.3) is 11.2 Å². The van der Waals surface area contributed by atoms with Crippen molar-refractivity contribution in [2.45, 2.75) is 13.8 Å². The Balaban J connectivity index is 1.52. The number of rotatable bonds is 4. The van der Waals surface area contributed by atoms with Gasteiger partial charge in [0.2, 0.25) is 0 Å². The smallest absolute Gasteiger partial charge is 0.255 e. The van der Waals surface area contributed by atoms with E-state index in [9.17, 15) is 4.79 Å². The minimum atomic E-state index is -0.150. The van der Waals surface area contributed by atoms with Crippen molar-refractivity contribution in [2.24, 2.45) is 0 Å². The fraction of sp³-hybridized carbons (Fsp3) is 0.100. The van der Waals surface area contributed by atoms with Gasteiger partial charge in [-0.05, 0) is 43.3 Å². The Hall–Kier alpha value is -3.74. The van der Waals surface area contributed by atoms with Crippen molar-refractivity contribution in [3.05, 3.63) is 71.9 Å². The average Bonchev–Trinajstić information content (AvgIpc) is 3.04. The molecular weight excluding hydrogens is 342 g/mol. The molecule has 0 saturated carbocycles. The maximum atomic E-state index is 12.2. The summed E-state index contributed by atoms with van der Waals surface area (Å²) in [5, 5.41) is 6.10. The quantitative estimate of drug-likeness (QED) is 0.566. The predicted molar refractivity (Wildman–Crippen MR) is 103 cm³/mol. The lowest BCUT2D eigenvalue weighted by molar-refractivity contribution is 0.102. The summed E-state index contributed by atoms with van der Waals surface area (Å²) >= 11 is 0. The number of anilines is 3. The number of fused-ring (bicyclic) bond motifs is 1. The Bertz CT molecular complexity index is 1100. The maximum Gasteiger partial charge on any atom is 0.255 e. The van der Waals surface area contributed by atoms with Crippen LogP contribution in [-0.2, 0) is 0 Å². The van der Waals surface area contributed by atoms with E-state index in [2.05, 4.69) is 25.6 Å². The lowest BCUT2D eigenvalue weighted by Crippen LogP contribution is -2.11. The van der Waals surface area contributed by atoms with Crippen molar-refractivity contribution in [1.82, 2.24) is 15.0 Å². The van der Waals surface area contributed by atoms with E-state index in [1.807, 2.05) is 42.5 Å². The molecule has 0 saturated heterocycles. The number of amides is 1. The fourth-order valence-electron chi connectivity index (χ4n) is 2.69. The molecule has 0 aliphatic rings. The Kier molecular flexibility index (Phi) is 4.25. The molecule has 0 unspecified atom stereocenters. The summed E-state index contributed by atoms with van der Waals surface area (Å²) < 4.78 is 5.48. The molecule has 4 aromatic rings. The number of hydrogen-bond acceptors (Lipinski definition) is 6. The molecule has 0 aliphatic heterocycles. The van der Waals surface area contributed by atoms with Gasteiger partial charge >= 0.3 is 0 Å². The van der Waals surface area contributed by atoms with Crippen LogP contribution in [0.15, 0.2) is 59.0 Å². The molecule has 7 nitrogen and oxygen atoms in total. The van der Waals surface area contributed by atoms with E-state index in [1.165, 1.54) is 0 Å². The van der Waals surface area contributed by atoms with Gasteiger partial charge in [-0.3, -0.25) is 4.79 Å². The molecule has 0 fully saturated rings. The summed E-state index contributed by atoms with van der Waals surface area (Å²) in [6, 6.07) is 16.4. The van der Waals surface area contributed by atoms with Crippen LogP contribution in [0.5, 0.6) is 0 Å². The molecule has 0 radical (unpaired) electrons. The first-order valence-corrected chi connectivity index (χ1v) is 8.44. The summed E-state index contributed by atoms with van der Waals surface area (Å²) in [6.45, 7) is 3.57. The normalized spacial score (nSPS) is 10.7. The zero-order chi connectivity index (χ0) is 18.8. The van der Waals surface area contributed by atoms with Crippen LogP contribution >= 0.6 is 0 Å². The third-order valence-corrected chi connectivity index (χ3v) is 3.92. The fourth-order valence-corrected chi connectivity index (χ4v) is 2.69. The second kappa shape index (κ2) is 6.87. The van der Waals surface area contributed by atoms with Gasteiger partial charge in [-0.1, -0.05) is 18.2 Å². The number of nitrogens with zero attached hydrogens (tertiary/aromatic N) is 3. The van der Waals surface area contributed by atoms with Gasteiger partial charge in [0.15, 0.2) is 17.2 Å². The standard InChI is InChI=1S/C20H17N5O2/c1-12-21-18(17-20(22-12)27-13(2)23-17)24-15-8-10-16(11-9-15)25-19(26)14-6-4-3-5-7-14/h3-11H,1-2H3,(H,25,26)(H,21,22,24). The zero-order valence-electron chi connectivity index (χ0n) is 14.9. The summed E-state index contributed by atoms with van der Waals surface area (Å²) in [6.07, 6.45) is 0. The molecule has 7 heteroatoms. The molecule has 2 aromatic carbocycles. The molecule has 27 heavy (non-hydrogen) atoms. The second-order valence-electron chi connectivity index (χ2n) is 6.03. The van der Waals surface area contributed by atoms with Crippen LogP contribution in [0.1, 0.15) is 22.1 Å². The first-order chi connectivity index (χ1) is 13.1. The predicted octanol–water partition coefficient (Wildman–Crippen LogP) is 4.23. The van der Waals surface area contributed by atoms with Crippen molar-refractivity contribution in [3.8, 4) is 0 Å². The number of benzene rings is 2. The summed E-state index contributed by atoms with van der Waals surface area (Å²) in [5.74, 6) is 1.55. The van der Waals surface area contributed by atoms with E-state index in [1.54, 1.807) is 26.0 Å². The Morgan fingerprint density at radius 1 is 0.889 bits per heavy atom. The molecule has 2 N–H and O–H groups in total. The molecule has 2 aromatic heterocycles. The van der Waals surface area contributed by atoms with Gasteiger partial charge in [0, 0.05) is 23.9 Å². The Morgan fingerprint density at radius 2 is 1.59 bits per heavy atom. The van der Waals surface area contributed by atoms with Crippen molar-refractivity contribution in [3.63, 3.8) is 0 Å². The highest BCUT2D eigenvalue weighted by molar-refractivity contribution is 6.04. The van der Waals surface area contributed by atoms with Gasteiger partial charge in [-0.15, -0.1) is 0 Å². The third-order valence-electron chi connectivity index (χ3n) is 3.92. The van der Waals surface area contributed by atoms with E-state index in [0.717, 1.165) is 5.69 Å². The van der Waals surface area contributed by atoms with E-state index < -0.39 is 0 Å². The molecule has 0 bridgehead atoms. The number of aromatic nitrogens is 3. The highest BCUT2D eigenvalue weighted by Crippen LogP contribution is 2.24. The van der Waals surface area contributed by atoms with Gasteiger partial charge in [-0.25, -0.2) is 9.97 Å². The molecule has 0 aliphatic carbocycles. The summed E-state index contributed by atoms with van der Waals surface area (Å²) in [7, 11) is 0. The minimum absolute atomic E-state index is 0.150. The van der Waals surface area contributed by atoms with Crippen LogP contribution in [0.2, 0.25) is 0 Å². The third kappa shape index (κ3) is 3.62. The van der Waals surface area contributed by atoms with Gasteiger partial charge in [0.05, 0.1) is 0 Å². The number of carbonyl (C=O) groups excluding carboxylic acids is 1. The molecule has 0 atom stereocenters. The van der Waals surface area contributed by atoms with Gasteiger partial charge in [0.25, 0.3) is 11.6 Å². The highest BCUT2D eigenvalue weighted by Gasteiger charge is 2.12. The molecule has 2 heterocycles. The number of aryl methyl sites for hydroxylation is 2. The number of carbonyl (C=O) groups is 1. The van der Waals surface area contributed by atoms with Crippen LogP contribution < -0.4 is 10.6 Å². The zero-order valence-corrected chi connectivity index (χ0v) is 14.9. The largest absolute Gasteiger partial charge is 0.422 e. The van der Waals surface area contributed by atoms with Gasteiger partial charge in [-0.2, -0.15) is 4.98 Å². The highest BCUT2D eigenvalue weighted by atomic mass is 16.4. The maximum absolute atomic E-state index is 12.2. The van der Waals surface area contributed by atoms with Gasteiger partial charge < -0.3 is 15.1 Å². The molecule has 134 valence electrons. The number of oxazole rings is 1. The van der Waals surface area contributed by atoms with E-state index in [0.29, 0.717) is 40.0 Å². The molecular formula is C20H17N5O2. The van der Waals surface area contributed by atoms with E-state index in [-0.39, 0.29) is 5.91 Å². The van der Waals surface area contributed by atoms with Crippen molar-refractivity contribution in [1.29, 1.82) is 0 Å². The SMILES string of the molecule is Cc1nc(Nc2ccc(NC(=O)c3ccccc3)cc2)c2nc(C)oc2n1. The summed E-state index contributed by atoms with van der Waals surface area (Å²) in [4.78, 5) is 25.2. The Labute approximate surface area is 155 Å². The van der Waals surface area contributed by atoms with Crippen LogP contribution in [0.3, 0.4) is 0 Å². The first-order valence-electron chi connectivity index (χ1n) is 8.44. The Morgan fingerprint density at radius 3 is 2.33 bits per heavy atom. The lowest BCUT2D eigenvalue weighted by Gasteiger charge is -2.09. The van der Waals surface area contributed by atoms with Crippen LogP contribution in [0.4, 0.5) is 17.2 Å². The average molecular weight is 359 g/mol. The topological polar surface area (TPSA) is 92.9 Å². The number of nitrogens with one attached hydrogen (secondary N) is 2. The number of hydrogen-bond donors (Lipinski definition) is 2. The second-order valence-corrected chi connectivity index (χ2v) is 6.03. The minimum Gasteiger partial charge on any atom is -0.422 e. The van der Waals surface area contributed by atoms with Crippen LogP contribution in [0, 0.1) is 13.8 Å². The van der Waals surface area contributed by atoms with Crippen LogP contribution in [-0.4, -0.2) is 20.9 Å². The molecule has 1 amide bonds. The first kappa shape index (κ1) is 16.7. The van der Waals surface area contributed by atoms with Crippen molar-refractivity contribution < 1.29 is 9.21 Å². The monoisotopic (exact) mass is 359 g/mol. The van der Waals surface area contributed by atoms with Crippen molar-refractivity contribution in [2.75, 3.05) is 10.6 Å². The van der Waals surface area contributed by atoms with E-state index >= 15 is 0 Å². The molecule has 4 rings (SSSR count).